The highest BCUT2D eigenvalue weighted by atomic mass is 16.7. The van der Waals surface area contributed by atoms with Crippen molar-refractivity contribution in [1.82, 2.24) is 5.32 Å². The summed E-state index contributed by atoms with van der Waals surface area (Å²) in [5, 5.41) is 2.74. The molecule has 1 saturated heterocycles. The Morgan fingerprint density at radius 1 is 1.03 bits per heavy atom. The Bertz CT molecular complexity index is 800. The number of amides is 1. The molecule has 2 aromatic rings. The first-order valence-corrected chi connectivity index (χ1v) is 10.1. The van der Waals surface area contributed by atoms with E-state index in [-0.39, 0.29) is 31.4 Å². The molecule has 1 amide bonds. The number of carbonyl (C=O) groups excluding carboxylic acids is 2. The second-order valence-corrected chi connectivity index (χ2v) is 7.25. The smallest absolute Gasteiger partial charge is 0.328 e. The second kappa shape index (κ2) is 11.4. The molecule has 1 aliphatic heterocycles. The van der Waals surface area contributed by atoms with Crippen LogP contribution in [-0.2, 0) is 37.0 Å². The molecule has 0 bridgehead atoms. The molecule has 1 heterocycles. The summed E-state index contributed by atoms with van der Waals surface area (Å²) in [6, 6.07) is 18.4. The van der Waals surface area contributed by atoms with Gasteiger partial charge in [0.2, 0.25) is 5.91 Å². The highest BCUT2D eigenvalue weighted by molar-refractivity contribution is 5.84. The maximum absolute atomic E-state index is 12.7. The topological polar surface area (TPSA) is 99.9 Å². The first kappa shape index (κ1) is 22.0. The van der Waals surface area contributed by atoms with Crippen LogP contribution in [0.25, 0.3) is 0 Å². The van der Waals surface area contributed by atoms with Crippen molar-refractivity contribution in [2.75, 3.05) is 13.2 Å². The lowest BCUT2D eigenvalue weighted by Crippen LogP contribution is -2.49. The third-order valence-electron chi connectivity index (χ3n) is 4.87. The van der Waals surface area contributed by atoms with Gasteiger partial charge in [0.15, 0.2) is 6.29 Å². The van der Waals surface area contributed by atoms with E-state index in [0.717, 1.165) is 11.1 Å². The standard InChI is InChI=1S/C23H28N2O5/c24-12-11-21(26)25-20(22(27)28-14-17-7-3-1-4-8-17)13-19-16-30-23(19)29-15-18-9-5-2-6-10-18/h1-10,19-20,23H,11-16,24H2,(H,25,26). The van der Waals surface area contributed by atoms with Crippen LogP contribution in [-0.4, -0.2) is 37.4 Å². The predicted molar refractivity (Wildman–Crippen MR) is 111 cm³/mol. The minimum Gasteiger partial charge on any atom is -0.459 e. The average Bonchev–Trinajstić information content (AvgIpc) is 2.76. The van der Waals surface area contributed by atoms with Gasteiger partial charge in [0.1, 0.15) is 12.6 Å². The summed E-state index contributed by atoms with van der Waals surface area (Å²) in [6.45, 7) is 1.25. The Labute approximate surface area is 176 Å². The molecule has 2 aromatic carbocycles. The minimum absolute atomic E-state index is 0.0128. The summed E-state index contributed by atoms with van der Waals surface area (Å²) >= 11 is 0. The summed E-state index contributed by atoms with van der Waals surface area (Å²) in [5.74, 6) is -0.764. The lowest BCUT2D eigenvalue weighted by molar-refractivity contribution is -0.266. The van der Waals surface area contributed by atoms with E-state index in [4.69, 9.17) is 19.9 Å². The third-order valence-corrected chi connectivity index (χ3v) is 4.87. The van der Waals surface area contributed by atoms with E-state index in [2.05, 4.69) is 5.32 Å². The highest BCUT2D eigenvalue weighted by Gasteiger charge is 2.37. The number of nitrogens with two attached hydrogens (primary N) is 1. The van der Waals surface area contributed by atoms with Gasteiger partial charge < -0.3 is 25.3 Å². The van der Waals surface area contributed by atoms with Crippen molar-refractivity contribution in [1.29, 1.82) is 0 Å². The summed E-state index contributed by atoms with van der Waals surface area (Å²) in [6.07, 6.45) is 0.113. The summed E-state index contributed by atoms with van der Waals surface area (Å²) in [4.78, 5) is 24.7. The zero-order chi connectivity index (χ0) is 21.2. The van der Waals surface area contributed by atoms with Crippen LogP contribution >= 0.6 is 0 Å². The molecule has 0 saturated carbocycles. The fraction of sp³-hybridized carbons (Fsp3) is 0.391. The lowest BCUT2D eigenvalue weighted by Gasteiger charge is -2.38. The zero-order valence-corrected chi connectivity index (χ0v) is 16.9. The van der Waals surface area contributed by atoms with Gasteiger partial charge in [-0.2, -0.15) is 0 Å². The molecule has 0 aliphatic carbocycles. The number of nitrogens with one attached hydrogen (secondary N) is 1. The Morgan fingerprint density at radius 2 is 1.67 bits per heavy atom. The van der Waals surface area contributed by atoms with Gasteiger partial charge in [-0.05, 0) is 17.5 Å². The average molecular weight is 412 g/mol. The molecule has 0 spiro atoms. The van der Waals surface area contributed by atoms with Crippen LogP contribution in [0.5, 0.6) is 0 Å². The van der Waals surface area contributed by atoms with E-state index in [1.54, 1.807) is 0 Å². The van der Waals surface area contributed by atoms with Crippen molar-refractivity contribution in [3.63, 3.8) is 0 Å². The van der Waals surface area contributed by atoms with E-state index < -0.39 is 18.3 Å². The van der Waals surface area contributed by atoms with Crippen molar-refractivity contribution in [3.8, 4) is 0 Å². The first-order chi connectivity index (χ1) is 14.7. The molecular weight excluding hydrogens is 384 g/mol. The molecule has 1 aliphatic rings. The van der Waals surface area contributed by atoms with Crippen LogP contribution in [0, 0.1) is 5.92 Å². The Kier molecular flexibility index (Phi) is 8.38. The highest BCUT2D eigenvalue weighted by Crippen LogP contribution is 2.27. The summed E-state index contributed by atoms with van der Waals surface area (Å²) < 4.78 is 16.8. The van der Waals surface area contributed by atoms with Gasteiger partial charge in [-0.15, -0.1) is 0 Å². The minimum atomic E-state index is -0.774. The van der Waals surface area contributed by atoms with E-state index >= 15 is 0 Å². The van der Waals surface area contributed by atoms with E-state index in [9.17, 15) is 9.59 Å². The molecular formula is C23H28N2O5. The van der Waals surface area contributed by atoms with Gasteiger partial charge in [-0.25, -0.2) is 4.79 Å². The zero-order valence-electron chi connectivity index (χ0n) is 16.9. The fourth-order valence-electron chi connectivity index (χ4n) is 3.17. The van der Waals surface area contributed by atoms with Gasteiger partial charge in [-0.3, -0.25) is 4.79 Å². The van der Waals surface area contributed by atoms with Gasteiger partial charge in [0.25, 0.3) is 0 Å². The first-order valence-electron chi connectivity index (χ1n) is 10.1. The van der Waals surface area contributed by atoms with Crippen molar-refractivity contribution >= 4 is 11.9 Å². The number of esters is 1. The number of ether oxygens (including phenoxy) is 3. The van der Waals surface area contributed by atoms with Crippen LogP contribution in [0.1, 0.15) is 24.0 Å². The SMILES string of the molecule is NCCC(=O)NC(CC1COC1OCc1ccccc1)C(=O)OCc1ccccc1. The number of benzene rings is 2. The molecule has 0 aromatic heterocycles. The van der Waals surface area contributed by atoms with Crippen molar-refractivity contribution < 1.29 is 23.8 Å². The molecule has 7 heteroatoms. The Hall–Kier alpha value is -2.74. The van der Waals surface area contributed by atoms with Crippen molar-refractivity contribution in [2.24, 2.45) is 11.7 Å². The normalized spacial score (nSPS) is 18.8. The van der Waals surface area contributed by atoms with E-state index in [0.29, 0.717) is 19.6 Å². The number of hydrogen-bond donors (Lipinski definition) is 2. The molecule has 160 valence electrons. The molecule has 1 fully saturated rings. The van der Waals surface area contributed by atoms with Crippen LogP contribution in [0.4, 0.5) is 0 Å². The number of rotatable bonds is 11. The van der Waals surface area contributed by atoms with Gasteiger partial charge in [0, 0.05) is 18.9 Å². The molecule has 3 atom stereocenters. The largest absolute Gasteiger partial charge is 0.459 e. The summed E-state index contributed by atoms with van der Waals surface area (Å²) in [5.41, 5.74) is 7.38. The molecule has 30 heavy (non-hydrogen) atoms. The van der Waals surface area contributed by atoms with Crippen molar-refractivity contribution in [3.05, 3.63) is 71.8 Å². The maximum atomic E-state index is 12.7. The second-order valence-electron chi connectivity index (χ2n) is 7.25. The quantitative estimate of drug-likeness (QED) is 0.549. The van der Waals surface area contributed by atoms with Crippen molar-refractivity contribution in [2.45, 2.75) is 38.4 Å². The molecule has 3 rings (SSSR count). The van der Waals surface area contributed by atoms with Crippen LogP contribution in [0.15, 0.2) is 60.7 Å². The maximum Gasteiger partial charge on any atom is 0.328 e. The third kappa shape index (κ3) is 6.66. The van der Waals surface area contributed by atoms with E-state index in [1.807, 2.05) is 60.7 Å². The van der Waals surface area contributed by atoms with Crippen LogP contribution in [0.3, 0.4) is 0 Å². The predicted octanol–water partition coefficient (Wildman–Crippen LogP) is 2.14. The lowest BCUT2D eigenvalue weighted by atomic mass is 9.96. The van der Waals surface area contributed by atoms with E-state index in [1.165, 1.54) is 0 Å². The van der Waals surface area contributed by atoms with Crippen LogP contribution < -0.4 is 11.1 Å². The van der Waals surface area contributed by atoms with Gasteiger partial charge in [-0.1, -0.05) is 60.7 Å². The molecule has 3 N–H and O–H groups in total. The monoisotopic (exact) mass is 412 g/mol. The summed E-state index contributed by atoms with van der Waals surface area (Å²) in [7, 11) is 0. The number of hydrogen-bond acceptors (Lipinski definition) is 6. The van der Waals surface area contributed by atoms with Gasteiger partial charge >= 0.3 is 5.97 Å². The molecule has 7 nitrogen and oxygen atoms in total. The Morgan fingerprint density at radius 3 is 2.23 bits per heavy atom. The van der Waals surface area contributed by atoms with Crippen LogP contribution in [0.2, 0.25) is 0 Å². The fourth-order valence-corrected chi connectivity index (χ4v) is 3.17. The molecule has 0 radical (unpaired) electrons. The Balaban J connectivity index is 1.54. The van der Waals surface area contributed by atoms with Gasteiger partial charge in [0.05, 0.1) is 13.2 Å². The molecule has 3 unspecified atom stereocenters. The number of carbonyl (C=O) groups is 2.